The number of pyridine rings is 1. The van der Waals surface area contributed by atoms with E-state index in [1.54, 1.807) is 37.1 Å². The fourth-order valence-corrected chi connectivity index (χ4v) is 5.05. The van der Waals surface area contributed by atoms with E-state index in [0.717, 1.165) is 5.56 Å². The predicted octanol–water partition coefficient (Wildman–Crippen LogP) is 2.40. The van der Waals surface area contributed by atoms with Crippen LogP contribution in [0.3, 0.4) is 0 Å². The van der Waals surface area contributed by atoms with Crippen LogP contribution in [0.25, 0.3) is 21.8 Å². The summed E-state index contributed by atoms with van der Waals surface area (Å²) in [4.78, 5) is 29.1. The number of carboxylic acid groups (broad SMARTS) is 1. The van der Waals surface area contributed by atoms with Gasteiger partial charge < -0.3 is 15.1 Å². The molecule has 2 aromatic heterocycles. The van der Waals surface area contributed by atoms with Crippen LogP contribution in [0.2, 0.25) is 0 Å². The lowest BCUT2D eigenvalue weighted by Gasteiger charge is -2.17. The molecule has 0 bridgehead atoms. The van der Waals surface area contributed by atoms with Crippen molar-refractivity contribution < 1.29 is 18.3 Å². The largest absolute Gasteiger partial charge is 0.481 e. The molecule has 0 unspecified atom stereocenters. The van der Waals surface area contributed by atoms with E-state index in [1.165, 1.54) is 10.4 Å². The van der Waals surface area contributed by atoms with Crippen LogP contribution in [0.1, 0.15) is 18.4 Å². The highest BCUT2D eigenvalue weighted by Gasteiger charge is 2.22. The summed E-state index contributed by atoms with van der Waals surface area (Å²) in [7, 11) is -2.12. The number of aromatic amines is 2. The highest BCUT2D eigenvalue weighted by Crippen LogP contribution is 2.28. The van der Waals surface area contributed by atoms with Crippen LogP contribution >= 0.6 is 11.8 Å². The molecular formula is C19H23N3O5S2. The minimum atomic E-state index is -3.67. The number of benzene rings is 1. The number of thioether (sulfide) groups is 1. The zero-order valence-electron chi connectivity index (χ0n) is 16.2. The van der Waals surface area contributed by atoms with E-state index in [0.29, 0.717) is 46.9 Å². The van der Waals surface area contributed by atoms with Crippen molar-refractivity contribution in [1.29, 1.82) is 0 Å². The molecule has 0 aliphatic heterocycles. The van der Waals surface area contributed by atoms with E-state index in [1.807, 2.05) is 6.26 Å². The quantitative estimate of drug-likeness (QED) is 0.472. The summed E-state index contributed by atoms with van der Waals surface area (Å²) >= 11 is 1.57. The normalized spacial score (nSPS) is 12.2. The Hall–Kier alpha value is -2.30. The molecule has 0 fully saturated rings. The van der Waals surface area contributed by atoms with Crippen molar-refractivity contribution in [2.24, 2.45) is 0 Å². The molecule has 2 heterocycles. The van der Waals surface area contributed by atoms with Crippen molar-refractivity contribution in [1.82, 2.24) is 14.3 Å². The maximum Gasteiger partial charge on any atom is 0.303 e. The monoisotopic (exact) mass is 437 g/mol. The number of aromatic nitrogens is 2. The minimum Gasteiger partial charge on any atom is -0.481 e. The second-order valence-corrected chi connectivity index (χ2v) is 9.82. The first kappa shape index (κ1) is 21.4. The second-order valence-electron chi connectivity index (χ2n) is 6.79. The van der Waals surface area contributed by atoms with Crippen LogP contribution in [0, 0.1) is 0 Å². The van der Waals surface area contributed by atoms with Crippen molar-refractivity contribution in [3.05, 3.63) is 40.3 Å². The van der Waals surface area contributed by atoms with Gasteiger partial charge in [-0.1, -0.05) is 0 Å². The number of hydrogen-bond acceptors (Lipinski definition) is 5. The average Bonchev–Trinajstić information content (AvgIpc) is 3.10. The maximum absolute atomic E-state index is 12.9. The van der Waals surface area contributed by atoms with Gasteiger partial charge >= 0.3 is 5.97 Å². The van der Waals surface area contributed by atoms with Gasteiger partial charge in [0.2, 0.25) is 10.0 Å². The van der Waals surface area contributed by atoms with E-state index in [4.69, 9.17) is 5.11 Å². The van der Waals surface area contributed by atoms with E-state index in [9.17, 15) is 18.0 Å². The zero-order chi connectivity index (χ0) is 21.2. The summed E-state index contributed by atoms with van der Waals surface area (Å²) < 4.78 is 27.2. The molecule has 0 aliphatic carbocycles. The standard InChI is InChI=1S/C19H23N3O5S2/c1-22(8-9-28-2)29(26,27)13-6-7-15-14(10-13)17-12(4-3-5-16(23)24)11-20-18(17)19(25)21-15/h6-7,10-11,20H,3-5,8-9H2,1-2H3,(H,21,25)(H,23,24). The molecule has 8 nitrogen and oxygen atoms in total. The third-order valence-electron chi connectivity index (χ3n) is 4.85. The molecular weight excluding hydrogens is 414 g/mol. The Morgan fingerprint density at radius 2 is 2.07 bits per heavy atom. The van der Waals surface area contributed by atoms with Gasteiger partial charge in [0.1, 0.15) is 5.52 Å². The highest BCUT2D eigenvalue weighted by atomic mass is 32.2. The number of carbonyl (C=O) groups is 1. The lowest BCUT2D eigenvalue weighted by atomic mass is 10.0. The van der Waals surface area contributed by atoms with Crippen LogP contribution in [-0.2, 0) is 21.2 Å². The topological polar surface area (TPSA) is 123 Å². The van der Waals surface area contributed by atoms with Crippen molar-refractivity contribution in [2.45, 2.75) is 24.2 Å². The average molecular weight is 438 g/mol. The summed E-state index contributed by atoms with van der Waals surface area (Å²) in [6.45, 7) is 0.396. The van der Waals surface area contributed by atoms with E-state index >= 15 is 0 Å². The number of aliphatic carboxylic acids is 1. The molecule has 1 aromatic carbocycles. The number of carboxylic acids is 1. The Labute approximate surface area is 172 Å². The summed E-state index contributed by atoms with van der Waals surface area (Å²) in [5.41, 5.74) is 1.38. The van der Waals surface area contributed by atoms with Crippen molar-refractivity contribution >= 4 is 49.6 Å². The lowest BCUT2D eigenvalue weighted by molar-refractivity contribution is -0.137. The number of sulfonamides is 1. The molecule has 10 heteroatoms. The number of H-pyrrole nitrogens is 2. The van der Waals surface area contributed by atoms with E-state index in [2.05, 4.69) is 9.97 Å². The molecule has 3 rings (SSSR count). The smallest absolute Gasteiger partial charge is 0.303 e. The second kappa shape index (κ2) is 8.60. The van der Waals surface area contributed by atoms with Gasteiger partial charge in [-0.05, 0) is 42.9 Å². The number of aryl methyl sites for hydroxylation is 1. The van der Waals surface area contributed by atoms with Crippen LogP contribution in [0.4, 0.5) is 0 Å². The minimum absolute atomic E-state index is 0.0215. The molecule has 3 N–H and O–H groups in total. The first-order valence-corrected chi connectivity index (χ1v) is 11.9. The number of rotatable bonds is 9. The molecule has 156 valence electrons. The Kier molecular flexibility index (Phi) is 6.35. The predicted molar refractivity (Wildman–Crippen MR) is 115 cm³/mol. The van der Waals surface area contributed by atoms with Gasteiger partial charge in [-0.3, -0.25) is 9.59 Å². The molecule has 0 amide bonds. The van der Waals surface area contributed by atoms with Crippen molar-refractivity contribution in [3.63, 3.8) is 0 Å². The van der Waals surface area contributed by atoms with Gasteiger partial charge in [-0.15, -0.1) is 0 Å². The number of fused-ring (bicyclic) bond motifs is 3. The summed E-state index contributed by atoms with van der Waals surface area (Å²) in [5.74, 6) is -0.193. The van der Waals surface area contributed by atoms with Gasteiger partial charge in [0.05, 0.1) is 4.90 Å². The van der Waals surface area contributed by atoms with Crippen molar-refractivity contribution in [3.8, 4) is 0 Å². The van der Waals surface area contributed by atoms with Crippen LogP contribution in [0.5, 0.6) is 0 Å². The molecule has 0 aliphatic rings. The Morgan fingerprint density at radius 1 is 1.31 bits per heavy atom. The SMILES string of the molecule is CSCCN(C)S(=O)(=O)c1ccc2[nH]c(=O)c3[nH]cc(CCCC(=O)O)c3c2c1. The van der Waals surface area contributed by atoms with E-state index < -0.39 is 16.0 Å². The van der Waals surface area contributed by atoms with Gasteiger partial charge in [-0.2, -0.15) is 11.8 Å². The summed E-state index contributed by atoms with van der Waals surface area (Å²) in [6, 6.07) is 4.67. The number of hydrogen-bond donors (Lipinski definition) is 3. The Balaban J connectivity index is 2.12. The number of nitrogens with one attached hydrogen (secondary N) is 2. The number of nitrogens with zero attached hydrogens (tertiary/aromatic N) is 1. The lowest BCUT2D eigenvalue weighted by Crippen LogP contribution is -2.29. The third-order valence-corrected chi connectivity index (χ3v) is 7.30. The van der Waals surface area contributed by atoms with Gasteiger partial charge in [0, 0.05) is 48.3 Å². The Morgan fingerprint density at radius 3 is 2.76 bits per heavy atom. The first-order chi connectivity index (χ1) is 13.8. The molecule has 0 radical (unpaired) electrons. The first-order valence-electron chi connectivity index (χ1n) is 9.08. The van der Waals surface area contributed by atoms with Crippen LogP contribution in [0.15, 0.2) is 34.1 Å². The molecule has 0 saturated carbocycles. The molecule has 29 heavy (non-hydrogen) atoms. The van der Waals surface area contributed by atoms with Gasteiger partial charge in [0.25, 0.3) is 5.56 Å². The van der Waals surface area contributed by atoms with Crippen LogP contribution < -0.4 is 5.56 Å². The maximum atomic E-state index is 12.9. The van der Waals surface area contributed by atoms with Gasteiger partial charge in [0.15, 0.2) is 0 Å². The van der Waals surface area contributed by atoms with Crippen molar-refractivity contribution in [2.75, 3.05) is 25.6 Å². The summed E-state index contributed by atoms with van der Waals surface area (Å²) in [6.07, 6.45) is 4.52. The fraction of sp³-hybridized carbons (Fsp3) is 0.368. The molecule has 3 aromatic rings. The third kappa shape index (κ3) is 4.34. The summed E-state index contributed by atoms with van der Waals surface area (Å²) in [5, 5.41) is 10.1. The molecule has 0 spiro atoms. The molecule has 0 atom stereocenters. The molecule has 0 saturated heterocycles. The zero-order valence-corrected chi connectivity index (χ0v) is 17.8. The fourth-order valence-electron chi connectivity index (χ4n) is 3.28. The highest BCUT2D eigenvalue weighted by molar-refractivity contribution is 7.98. The van der Waals surface area contributed by atoms with Crippen LogP contribution in [-0.4, -0.2) is 59.4 Å². The van der Waals surface area contributed by atoms with E-state index in [-0.39, 0.29) is 16.9 Å². The Bertz CT molecular complexity index is 1210. The van der Waals surface area contributed by atoms with Gasteiger partial charge in [-0.25, -0.2) is 12.7 Å².